The van der Waals surface area contributed by atoms with Gasteiger partial charge in [-0.2, -0.15) is 0 Å². The Morgan fingerprint density at radius 2 is 2.41 bits per heavy atom. The molecule has 17 heavy (non-hydrogen) atoms. The van der Waals surface area contributed by atoms with E-state index in [0.29, 0.717) is 12.1 Å². The molecule has 0 radical (unpaired) electrons. The molecule has 2 rings (SSSR count). The first kappa shape index (κ1) is 12.2. The first-order valence-corrected chi connectivity index (χ1v) is 6.07. The van der Waals surface area contributed by atoms with E-state index in [9.17, 15) is 4.79 Å². The van der Waals surface area contributed by atoms with Gasteiger partial charge in [-0.3, -0.25) is 0 Å². The number of nitrogens with one attached hydrogen (secondary N) is 1. The van der Waals surface area contributed by atoms with Crippen molar-refractivity contribution < 1.29 is 13.9 Å². The lowest BCUT2D eigenvalue weighted by atomic mass is 10.1. The van der Waals surface area contributed by atoms with E-state index in [1.165, 1.54) is 26.2 Å². The SMILES string of the molecule is COC(=O)c1coc(CNCC(C)C2CC2)c1. The predicted octanol–water partition coefficient (Wildman–Crippen LogP) is 2.20. The number of rotatable bonds is 6. The molecule has 0 aliphatic heterocycles. The van der Waals surface area contributed by atoms with Crippen LogP contribution in [0.4, 0.5) is 0 Å². The number of hydrogen-bond donors (Lipinski definition) is 1. The first-order valence-electron chi connectivity index (χ1n) is 6.07. The van der Waals surface area contributed by atoms with Gasteiger partial charge in [-0.15, -0.1) is 0 Å². The van der Waals surface area contributed by atoms with E-state index in [-0.39, 0.29) is 5.97 Å². The third-order valence-electron chi connectivity index (χ3n) is 3.27. The van der Waals surface area contributed by atoms with E-state index < -0.39 is 0 Å². The monoisotopic (exact) mass is 237 g/mol. The van der Waals surface area contributed by atoms with Crippen molar-refractivity contribution in [2.75, 3.05) is 13.7 Å². The van der Waals surface area contributed by atoms with Crippen LogP contribution in [0, 0.1) is 11.8 Å². The van der Waals surface area contributed by atoms with Crippen LogP contribution in [0.25, 0.3) is 0 Å². The van der Waals surface area contributed by atoms with Crippen molar-refractivity contribution in [1.82, 2.24) is 5.32 Å². The number of methoxy groups -OCH3 is 1. The molecule has 1 aromatic rings. The summed E-state index contributed by atoms with van der Waals surface area (Å²) in [6.45, 7) is 3.93. The van der Waals surface area contributed by atoms with Gasteiger partial charge >= 0.3 is 5.97 Å². The zero-order chi connectivity index (χ0) is 12.3. The highest BCUT2D eigenvalue weighted by Crippen LogP contribution is 2.36. The number of esters is 1. The molecular weight excluding hydrogens is 218 g/mol. The quantitative estimate of drug-likeness (QED) is 0.771. The van der Waals surface area contributed by atoms with Crippen molar-refractivity contribution in [3.63, 3.8) is 0 Å². The van der Waals surface area contributed by atoms with Gasteiger partial charge in [0.05, 0.1) is 19.2 Å². The summed E-state index contributed by atoms with van der Waals surface area (Å²) in [5.74, 6) is 2.05. The van der Waals surface area contributed by atoms with Crippen LogP contribution < -0.4 is 5.32 Å². The zero-order valence-electron chi connectivity index (χ0n) is 10.4. The molecule has 1 N–H and O–H groups in total. The Bertz CT molecular complexity index is 382. The minimum absolute atomic E-state index is 0.355. The molecule has 94 valence electrons. The molecule has 1 aliphatic carbocycles. The normalized spacial score (nSPS) is 16.8. The zero-order valence-corrected chi connectivity index (χ0v) is 10.4. The standard InChI is InChI=1S/C13H19NO3/c1-9(10-3-4-10)6-14-7-12-5-11(8-17-12)13(15)16-2/h5,8-10,14H,3-4,6-7H2,1-2H3. The van der Waals surface area contributed by atoms with E-state index in [1.807, 2.05) is 0 Å². The fourth-order valence-electron chi connectivity index (χ4n) is 1.95. The van der Waals surface area contributed by atoms with Crippen LogP contribution in [0.3, 0.4) is 0 Å². The molecule has 1 aliphatic rings. The van der Waals surface area contributed by atoms with Gasteiger partial charge in [-0.05, 0) is 37.3 Å². The van der Waals surface area contributed by atoms with Crippen molar-refractivity contribution >= 4 is 5.97 Å². The highest BCUT2D eigenvalue weighted by Gasteiger charge is 2.27. The van der Waals surface area contributed by atoms with Gasteiger partial charge < -0.3 is 14.5 Å². The Hall–Kier alpha value is -1.29. The van der Waals surface area contributed by atoms with Gasteiger partial charge in [-0.25, -0.2) is 4.79 Å². The highest BCUT2D eigenvalue weighted by atomic mass is 16.5. The van der Waals surface area contributed by atoms with Crippen LogP contribution in [-0.2, 0) is 11.3 Å². The molecule has 0 bridgehead atoms. The Morgan fingerprint density at radius 3 is 3.06 bits per heavy atom. The Morgan fingerprint density at radius 1 is 1.65 bits per heavy atom. The second-order valence-electron chi connectivity index (χ2n) is 4.74. The summed E-state index contributed by atoms with van der Waals surface area (Å²) in [4.78, 5) is 11.2. The third-order valence-corrected chi connectivity index (χ3v) is 3.27. The topological polar surface area (TPSA) is 51.5 Å². The average Bonchev–Trinajstić information content (AvgIpc) is 3.08. The predicted molar refractivity (Wildman–Crippen MR) is 63.6 cm³/mol. The third kappa shape index (κ3) is 3.33. The molecule has 4 heteroatoms. The summed E-state index contributed by atoms with van der Waals surface area (Å²) in [6.07, 6.45) is 4.18. The Kier molecular flexibility index (Phi) is 3.84. The maximum atomic E-state index is 11.2. The van der Waals surface area contributed by atoms with Crippen LogP contribution in [0.5, 0.6) is 0 Å². The number of hydrogen-bond acceptors (Lipinski definition) is 4. The molecule has 1 aromatic heterocycles. The second kappa shape index (κ2) is 5.36. The van der Waals surface area contributed by atoms with E-state index in [1.54, 1.807) is 6.07 Å². The Labute approximate surface area is 101 Å². The highest BCUT2D eigenvalue weighted by molar-refractivity contribution is 5.88. The molecule has 4 nitrogen and oxygen atoms in total. The van der Waals surface area contributed by atoms with Crippen LogP contribution in [0.2, 0.25) is 0 Å². The van der Waals surface area contributed by atoms with Crippen LogP contribution in [0.15, 0.2) is 16.7 Å². The van der Waals surface area contributed by atoms with E-state index in [0.717, 1.165) is 24.1 Å². The minimum atomic E-state index is -0.355. The summed E-state index contributed by atoms with van der Waals surface area (Å²) in [5, 5.41) is 3.35. The Balaban J connectivity index is 1.74. The molecule has 0 amide bonds. The number of ether oxygens (including phenoxy) is 1. The molecule has 1 unspecified atom stereocenters. The second-order valence-corrected chi connectivity index (χ2v) is 4.74. The maximum absolute atomic E-state index is 11.2. The van der Waals surface area contributed by atoms with E-state index in [4.69, 9.17) is 4.42 Å². The van der Waals surface area contributed by atoms with E-state index >= 15 is 0 Å². The summed E-state index contributed by atoms with van der Waals surface area (Å²) in [7, 11) is 1.37. The van der Waals surface area contributed by atoms with Crippen LogP contribution >= 0.6 is 0 Å². The van der Waals surface area contributed by atoms with Crippen molar-refractivity contribution in [3.8, 4) is 0 Å². The number of carbonyl (C=O) groups is 1. The molecule has 1 atom stereocenters. The van der Waals surface area contributed by atoms with Crippen molar-refractivity contribution in [2.24, 2.45) is 11.8 Å². The molecule has 0 aromatic carbocycles. The maximum Gasteiger partial charge on any atom is 0.341 e. The van der Waals surface area contributed by atoms with Crippen molar-refractivity contribution in [3.05, 3.63) is 23.7 Å². The first-order chi connectivity index (χ1) is 8.20. The summed E-state index contributed by atoms with van der Waals surface area (Å²) >= 11 is 0. The van der Waals surface area contributed by atoms with Crippen molar-refractivity contribution in [1.29, 1.82) is 0 Å². The number of furan rings is 1. The van der Waals surface area contributed by atoms with Gasteiger partial charge in [0.2, 0.25) is 0 Å². The lowest BCUT2D eigenvalue weighted by Gasteiger charge is -2.09. The molecule has 0 spiro atoms. The van der Waals surface area contributed by atoms with Gasteiger partial charge in [0.25, 0.3) is 0 Å². The van der Waals surface area contributed by atoms with Crippen LogP contribution in [-0.4, -0.2) is 19.6 Å². The minimum Gasteiger partial charge on any atom is -0.467 e. The molecule has 1 fully saturated rings. The van der Waals surface area contributed by atoms with E-state index in [2.05, 4.69) is 17.0 Å². The lowest BCUT2D eigenvalue weighted by Crippen LogP contribution is -2.21. The largest absolute Gasteiger partial charge is 0.467 e. The van der Waals surface area contributed by atoms with Gasteiger partial charge in [0.1, 0.15) is 12.0 Å². The summed E-state index contributed by atoms with van der Waals surface area (Å²) < 4.78 is 9.89. The van der Waals surface area contributed by atoms with Crippen molar-refractivity contribution in [2.45, 2.75) is 26.3 Å². The van der Waals surface area contributed by atoms with Gasteiger partial charge in [0, 0.05) is 0 Å². The summed E-state index contributed by atoms with van der Waals surface area (Å²) in [5.41, 5.74) is 0.472. The molecule has 1 saturated carbocycles. The molecule has 1 heterocycles. The summed E-state index contributed by atoms with van der Waals surface area (Å²) in [6, 6.07) is 1.72. The smallest absolute Gasteiger partial charge is 0.341 e. The molecular formula is C13H19NO3. The van der Waals surface area contributed by atoms with Crippen LogP contribution in [0.1, 0.15) is 35.9 Å². The average molecular weight is 237 g/mol. The lowest BCUT2D eigenvalue weighted by molar-refractivity contribution is 0.0600. The number of carbonyl (C=O) groups excluding carboxylic acids is 1. The van der Waals surface area contributed by atoms with Gasteiger partial charge in [-0.1, -0.05) is 6.92 Å². The molecule has 0 saturated heterocycles. The fraction of sp³-hybridized carbons (Fsp3) is 0.615. The van der Waals surface area contributed by atoms with Gasteiger partial charge in [0.15, 0.2) is 0 Å². The fourth-order valence-corrected chi connectivity index (χ4v) is 1.95.